The molecule has 1 atom stereocenters. The van der Waals surface area contributed by atoms with E-state index >= 15 is 0 Å². The molecule has 1 aromatic heterocycles. The summed E-state index contributed by atoms with van der Waals surface area (Å²) in [5.74, 6) is 0.988. The first-order chi connectivity index (χ1) is 11.2. The highest BCUT2D eigenvalue weighted by Gasteiger charge is 2.16. The minimum atomic E-state index is -0.157. The zero-order valence-corrected chi connectivity index (χ0v) is 14.1. The van der Waals surface area contributed by atoms with Crippen LogP contribution >= 0.6 is 11.8 Å². The molecule has 0 spiro atoms. The van der Waals surface area contributed by atoms with Gasteiger partial charge in [-0.05, 0) is 44.0 Å². The van der Waals surface area contributed by atoms with Gasteiger partial charge < -0.3 is 10.2 Å². The summed E-state index contributed by atoms with van der Waals surface area (Å²) in [6, 6.07) is 13.9. The molecule has 23 heavy (non-hydrogen) atoms. The Morgan fingerprint density at radius 3 is 2.57 bits per heavy atom. The molecule has 1 N–H and O–H groups in total. The Labute approximate surface area is 141 Å². The molecule has 2 aromatic rings. The van der Waals surface area contributed by atoms with Crippen LogP contribution in [0.1, 0.15) is 19.8 Å². The molecule has 1 saturated heterocycles. The van der Waals surface area contributed by atoms with Crippen LogP contribution in [-0.4, -0.2) is 29.2 Å². The molecule has 120 valence electrons. The van der Waals surface area contributed by atoms with Crippen molar-refractivity contribution in [3.63, 3.8) is 0 Å². The SMILES string of the molecule is CC(Sc1ccccc1)C(=O)Nc1ccc(N2CCCC2)nc1. The highest BCUT2D eigenvalue weighted by atomic mass is 32.2. The fourth-order valence-corrected chi connectivity index (χ4v) is 3.48. The number of carbonyl (C=O) groups is 1. The van der Waals surface area contributed by atoms with Crippen molar-refractivity contribution in [1.82, 2.24) is 4.98 Å². The monoisotopic (exact) mass is 327 g/mol. The lowest BCUT2D eigenvalue weighted by Crippen LogP contribution is -2.23. The van der Waals surface area contributed by atoms with E-state index in [0.29, 0.717) is 0 Å². The van der Waals surface area contributed by atoms with Gasteiger partial charge in [-0.2, -0.15) is 0 Å². The van der Waals surface area contributed by atoms with E-state index in [1.54, 1.807) is 18.0 Å². The van der Waals surface area contributed by atoms with Crippen molar-refractivity contribution < 1.29 is 4.79 Å². The number of hydrogen-bond donors (Lipinski definition) is 1. The van der Waals surface area contributed by atoms with Gasteiger partial charge in [-0.3, -0.25) is 4.79 Å². The number of benzene rings is 1. The van der Waals surface area contributed by atoms with E-state index in [2.05, 4.69) is 15.2 Å². The molecule has 1 unspecified atom stereocenters. The number of carbonyl (C=O) groups excluding carboxylic acids is 1. The van der Waals surface area contributed by atoms with Crippen LogP contribution in [0.5, 0.6) is 0 Å². The topological polar surface area (TPSA) is 45.2 Å². The van der Waals surface area contributed by atoms with Gasteiger partial charge in [0.05, 0.1) is 17.1 Å². The van der Waals surface area contributed by atoms with Crippen molar-refractivity contribution in [3.8, 4) is 0 Å². The Bertz CT molecular complexity index is 639. The molecule has 3 rings (SSSR count). The van der Waals surface area contributed by atoms with Crippen molar-refractivity contribution in [1.29, 1.82) is 0 Å². The summed E-state index contributed by atoms with van der Waals surface area (Å²) in [6.07, 6.45) is 4.20. The second kappa shape index (κ2) is 7.51. The fraction of sp³-hybridized carbons (Fsp3) is 0.333. The summed E-state index contributed by atoms with van der Waals surface area (Å²) in [5, 5.41) is 2.78. The molecule has 1 aliphatic rings. The van der Waals surface area contributed by atoms with Gasteiger partial charge in [0.1, 0.15) is 5.82 Å². The fourth-order valence-electron chi connectivity index (χ4n) is 2.59. The summed E-state index contributed by atoms with van der Waals surface area (Å²) in [4.78, 5) is 20.1. The van der Waals surface area contributed by atoms with Gasteiger partial charge in [-0.15, -0.1) is 11.8 Å². The molecule has 0 saturated carbocycles. The Hall–Kier alpha value is -2.01. The first-order valence-corrected chi connectivity index (χ1v) is 8.84. The van der Waals surface area contributed by atoms with E-state index in [-0.39, 0.29) is 11.2 Å². The van der Waals surface area contributed by atoms with E-state index < -0.39 is 0 Å². The van der Waals surface area contributed by atoms with E-state index in [0.717, 1.165) is 29.5 Å². The van der Waals surface area contributed by atoms with Crippen molar-refractivity contribution in [2.45, 2.75) is 29.9 Å². The average molecular weight is 327 g/mol. The lowest BCUT2D eigenvalue weighted by atomic mass is 10.3. The van der Waals surface area contributed by atoms with Crippen LogP contribution in [0.15, 0.2) is 53.6 Å². The average Bonchev–Trinajstić information content (AvgIpc) is 3.11. The number of thioether (sulfide) groups is 1. The number of aromatic nitrogens is 1. The van der Waals surface area contributed by atoms with E-state index in [1.807, 2.05) is 49.4 Å². The lowest BCUT2D eigenvalue weighted by Gasteiger charge is -2.17. The van der Waals surface area contributed by atoms with E-state index in [9.17, 15) is 4.79 Å². The number of hydrogen-bond acceptors (Lipinski definition) is 4. The van der Waals surface area contributed by atoms with Crippen molar-refractivity contribution in [2.75, 3.05) is 23.3 Å². The van der Waals surface area contributed by atoms with Crippen LogP contribution in [0.3, 0.4) is 0 Å². The molecule has 2 heterocycles. The maximum atomic E-state index is 12.3. The van der Waals surface area contributed by atoms with Crippen LogP contribution in [0, 0.1) is 0 Å². The maximum Gasteiger partial charge on any atom is 0.237 e. The Kier molecular flexibility index (Phi) is 5.18. The number of pyridine rings is 1. The van der Waals surface area contributed by atoms with E-state index in [4.69, 9.17) is 0 Å². The number of anilines is 2. The zero-order chi connectivity index (χ0) is 16.1. The smallest absolute Gasteiger partial charge is 0.237 e. The third-order valence-electron chi connectivity index (χ3n) is 3.87. The molecular weight excluding hydrogens is 306 g/mol. The summed E-state index contributed by atoms with van der Waals surface area (Å²) < 4.78 is 0. The molecule has 0 bridgehead atoms. The normalized spacial score (nSPS) is 15.4. The van der Waals surface area contributed by atoms with Gasteiger partial charge in [-0.25, -0.2) is 4.98 Å². The van der Waals surface area contributed by atoms with Crippen LogP contribution in [0.25, 0.3) is 0 Å². The molecule has 0 aliphatic carbocycles. The van der Waals surface area contributed by atoms with Gasteiger partial charge in [0, 0.05) is 18.0 Å². The van der Waals surface area contributed by atoms with Crippen molar-refractivity contribution >= 4 is 29.2 Å². The molecular formula is C18H21N3OS. The molecule has 1 aliphatic heterocycles. The van der Waals surface area contributed by atoms with Crippen LogP contribution in [-0.2, 0) is 4.79 Å². The molecule has 0 radical (unpaired) electrons. The lowest BCUT2D eigenvalue weighted by molar-refractivity contribution is -0.115. The zero-order valence-electron chi connectivity index (χ0n) is 13.2. The van der Waals surface area contributed by atoms with Crippen LogP contribution < -0.4 is 10.2 Å². The minimum absolute atomic E-state index is 0.00502. The molecule has 5 heteroatoms. The minimum Gasteiger partial charge on any atom is -0.357 e. The third-order valence-corrected chi connectivity index (χ3v) is 4.98. The highest BCUT2D eigenvalue weighted by molar-refractivity contribution is 8.00. The summed E-state index contributed by atoms with van der Waals surface area (Å²) in [7, 11) is 0. The van der Waals surface area contributed by atoms with Gasteiger partial charge in [0.15, 0.2) is 0 Å². The Morgan fingerprint density at radius 2 is 1.91 bits per heavy atom. The Morgan fingerprint density at radius 1 is 1.17 bits per heavy atom. The third kappa shape index (κ3) is 4.26. The predicted molar refractivity (Wildman–Crippen MR) is 96.1 cm³/mol. The Balaban J connectivity index is 1.56. The van der Waals surface area contributed by atoms with Gasteiger partial charge >= 0.3 is 0 Å². The standard InChI is InChI=1S/C18H21N3OS/c1-14(23-16-7-3-2-4-8-16)18(22)20-15-9-10-17(19-13-15)21-11-5-6-12-21/h2-4,7-10,13-14H,5-6,11-12H2,1H3,(H,20,22). The second-order valence-corrected chi connectivity index (χ2v) is 7.08. The largest absolute Gasteiger partial charge is 0.357 e. The maximum absolute atomic E-state index is 12.3. The van der Waals surface area contributed by atoms with Crippen LogP contribution in [0.4, 0.5) is 11.5 Å². The van der Waals surface area contributed by atoms with Gasteiger partial charge in [0.2, 0.25) is 5.91 Å². The van der Waals surface area contributed by atoms with Gasteiger partial charge in [0.25, 0.3) is 0 Å². The highest BCUT2D eigenvalue weighted by Crippen LogP contribution is 2.24. The second-order valence-electron chi connectivity index (χ2n) is 5.66. The molecule has 1 amide bonds. The summed E-state index contributed by atoms with van der Waals surface area (Å²) in [5.41, 5.74) is 0.749. The molecule has 1 aromatic carbocycles. The van der Waals surface area contributed by atoms with Crippen LogP contribution in [0.2, 0.25) is 0 Å². The first kappa shape index (κ1) is 15.9. The number of nitrogens with one attached hydrogen (secondary N) is 1. The number of rotatable bonds is 5. The number of amides is 1. The molecule has 1 fully saturated rings. The van der Waals surface area contributed by atoms with Crippen molar-refractivity contribution in [3.05, 3.63) is 48.7 Å². The van der Waals surface area contributed by atoms with E-state index in [1.165, 1.54) is 12.8 Å². The predicted octanol–water partition coefficient (Wildman–Crippen LogP) is 3.80. The number of nitrogens with zero attached hydrogens (tertiary/aromatic N) is 2. The van der Waals surface area contributed by atoms with Crippen molar-refractivity contribution in [2.24, 2.45) is 0 Å². The summed E-state index contributed by atoms with van der Waals surface area (Å²) in [6.45, 7) is 4.06. The molecule has 4 nitrogen and oxygen atoms in total. The quantitative estimate of drug-likeness (QED) is 0.849. The van der Waals surface area contributed by atoms with Gasteiger partial charge in [-0.1, -0.05) is 18.2 Å². The first-order valence-electron chi connectivity index (χ1n) is 7.96. The summed E-state index contributed by atoms with van der Waals surface area (Å²) >= 11 is 1.55.